The summed E-state index contributed by atoms with van der Waals surface area (Å²) in [5, 5.41) is 30.8. The summed E-state index contributed by atoms with van der Waals surface area (Å²) < 4.78 is 0. The van der Waals surface area contributed by atoms with Crippen LogP contribution in [0.2, 0.25) is 0 Å². The SMILES string of the molecule is C[C@H](CCC(=O)O)[C@H]1CC[C@H]2[C@@H]3CC[C@@H]4C[C@H](O)CC[C@]4(C)[C@H]3C[C@H](O)[C@@]12C. The van der Waals surface area contributed by atoms with Crippen LogP contribution < -0.4 is 0 Å². The molecule has 0 bridgehead atoms. The first-order chi connectivity index (χ1) is 13.2. The van der Waals surface area contributed by atoms with Gasteiger partial charge in [-0.1, -0.05) is 20.8 Å². The fraction of sp³-hybridized carbons (Fsp3) is 0.958. The van der Waals surface area contributed by atoms with Gasteiger partial charge in [-0.05, 0) is 104 Å². The maximum absolute atomic E-state index is 11.5. The molecule has 0 heterocycles. The van der Waals surface area contributed by atoms with E-state index in [2.05, 4.69) is 20.8 Å². The molecule has 10 atom stereocenters. The molecule has 160 valence electrons. The van der Waals surface area contributed by atoms with Gasteiger partial charge in [-0.2, -0.15) is 0 Å². The molecular weight excluding hydrogens is 352 g/mol. The van der Waals surface area contributed by atoms with Gasteiger partial charge in [-0.15, -0.1) is 0 Å². The van der Waals surface area contributed by atoms with Gasteiger partial charge in [0.15, 0.2) is 0 Å². The van der Waals surface area contributed by atoms with Crippen molar-refractivity contribution in [2.75, 3.05) is 0 Å². The molecule has 0 amide bonds. The molecule has 4 saturated carbocycles. The molecule has 3 N–H and O–H groups in total. The summed E-state index contributed by atoms with van der Waals surface area (Å²) in [6.45, 7) is 6.99. The largest absolute Gasteiger partial charge is 0.481 e. The standard InChI is InChI=1S/C24H40O4/c1-14(4-9-22(27)28)18-7-8-19-17-6-5-15-12-16(25)10-11-23(15,2)20(17)13-21(26)24(18,19)3/h14-21,25-26H,4-13H2,1-3H3,(H,27,28)/t14-,15-,16-,17+,18-,19+,20+,21+,23+,24+/m1/s1. The van der Waals surface area contributed by atoms with Crippen LogP contribution in [0, 0.1) is 46.3 Å². The highest BCUT2D eigenvalue weighted by Crippen LogP contribution is 2.68. The Labute approximate surface area is 170 Å². The average Bonchev–Trinajstić information content (AvgIpc) is 3.00. The molecule has 0 aromatic heterocycles. The van der Waals surface area contributed by atoms with Crippen LogP contribution in [0.25, 0.3) is 0 Å². The number of carboxylic acids is 1. The smallest absolute Gasteiger partial charge is 0.303 e. The Morgan fingerprint density at radius 2 is 1.79 bits per heavy atom. The summed E-state index contributed by atoms with van der Waals surface area (Å²) in [7, 11) is 0. The Hall–Kier alpha value is -0.610. The number of aliphatic hydroxyl groups is 2. The van der Waals surface area contributed by atoms with Crippen molar-refractivity contribution in [1.29, 1.82) is 0 Å². The first-order valence-corrected chi connectivity index (χ1v) is 11.8. The van der Waals surface area contributed by atoms with Crippen LogP contribution in [0.15, 0.2) is 0 Å². The first kappa shape index (κ1) is 20.7. The van der Waals surface area contributed by atoms with Gasteiger partial charge in [0.25, 0.3) is 0 Å². The third-order valence-electron chi connectivity index (χ3n) is 10.3. The highest BCUT2D eigenvalue weighted by molar-refractivity contribution is 5.66. The van der Waals surface area contributed by atoms with Gasteiger partial charge < -0.3 is 15.3 Å². The Kier molecular flexibility index (Phi) is 5.36. The van der Waals surface area contributed by atoms with Crippen molar-refractivity contribution in [3.8, 4) is 0 Å². The number of carboxylic acid groups (broad SMARTS) is 1. The second-order valence-electron chi connectivity index (χ2n) is 11.3. The number of hydrogen-bond acceptors (Lipinski definition) is 3. The van der Waals surface area contributed by atoms with Crippen molar-refractivity contribution in [2.24, 2.45) is 46.3 Å². The third kappa shape index (κ3) is 3.05. The van der Waals surface area contributed by atoms with Crippen molar-refractivity contribution in [1.82, 2.24) is 0 Å². The van der Waals surface area contributed by atoms with Gasteiger partial charge in [0.1, 0.15) is 0 Å². The number of aliphatic carboxylic acids is 1. The monoisotopic (exact) mass is 392 g/mol. The number of carbonyl (C=O) groups is 1. The zero-order valence-electron chi connectivity index (χ0n) is 17.9. The second kappa shape index (κ2) is 7.27. The molecule has 4 aliphatic carbocycles. The van der Waals surface area contributed by atoms with Crippen LogP contribution in [0.4, 0.5) is 0 Å². The van der Waals surface area contributed by atoms with Gasteiger partial charge in [0.2, 0.25) is 0 Å². The molecule has 0 unspecified atom stereocenters. The van der Waals surface area contributed by atoms with E-state index in [9.17, 15) is 15.0 Å². The lowest BCUT2D eigenvalue weighted by Crippen LogP contribution is -2.58. The maximum atomic E-state index is 11.5. The zero-order valence-corrected chi connectivity index (χ0v) is 17.9. The van der Waals surface area contributed by atoms with Gasteiger partial charge in [-0.25, -0.2) is 0 Å². The molecule has 4 rings (SSSR count). The molecule has 0 radical (unpaired) electrons. The average molecular weight is 393 g/mol. The van der Waals surface area contributed by atoms with Crippen LogP contribution in [0.3, 0.4) is 0 Å². The molecule has 4 fully saturated rings. The van der Waals surface area contributed by atoms with Crippen LogP contribution >= 0.6 is 0 Å². The molecule has 4 aliphatic rings. The highest BCUT2D eigenvalue weighted by Gasteiger charge is 2.63. The summed E-state index contributed by atoms with van der Waals surface area (Å²) >= 11 is 0. The minimum atomic E-state index is -0.707. The molecular formula is C24H40O4. The Balaban J connectivity index is 1.56. The van der Waals surface area contributed by atoms with Crippen molar-refractivity contribution in [3.05, 3.63) is 0 Å². The van der Waals surface area contributed by atoms with E-state index in [-0.39, 0.29) is 29.5 Å². The minimum absolute atomic E-state index is 0.0591. The van der Waals surface area contributed by atoms with E-state index in [4.69, 9.17) is 5.11 Å². The van der Waals surface area contributed by atoms with E-state index in [1.807, 2.05) is 0 Å². The topological polar surface area (TPSA) is 77.8 Å². The second-order valence-corrected chi connectivity index (χ2v) is 11.3. The van der Waals surface area contributed by atoms with Gasteiger partial charge in [0.05, 0.1) is 12.2 Å². The van der Waals surface area contributed by atoms with Crippen LogP contribution in [-0.4, -0.2) is 33.5 Å². The Morgan fingerprint density at radius 3 is 2.50 bits per heavy atom. The number of fused-ring (bicyclic) bond motifs is 5. The van der Waals surface area contributed by atoms with Gasteiger partial charge in [-0.3, -0.25) is 4.79 Å². The fourth-order valence-corrected chi connectivity index (χ4v) is 8.71. The van der Waals surface area contributed by atoms with Crippen LogP contribution in [0.5, 0.6) is 0 Å². The summed E-state index contributed by atoms with van der Waals surface area (Å²) in [4.78, 5) is 11.1. The quantitative estimate of drug-likeness (QED) is 0.659. The maximum Gasteiger partial charge on any atom is 0.303 e. The number of aliphatic hydroxyl groups excluding tert-OH is 2. The summed E-state index contributed by atoms with van der Waals surface area (Å²) in [6.07, 6.45) is 9.26. The molecule has 28 heavy (non-hydrogen) atoms. The normalized spacial score (nSPS) is 51.7. The molecule has 0 spiro atoms. The minimum Gasteiger partial charge on any atom is -0.481 e. The molecule has 4 heteroatoms. The lowest BCUT2D eigenvalue weighted by Gasteiger charge is -2.62. The van der Waals surface area contributed by atoms with Gasteiger partial charge in [0, 0.05) is 6.42 Å². The lowest BCUT2D eigenvalue weighted by atomic mass is 9.43. The Bertz CT molecular complexity index is 605. The van der Waals surface area contributed by atoms with Crippen molar-refractivity contribution in [3.63, 3.8) is 0 Å². The third-order valence-corrected chi connectivity index (χ3v) is 10.3. The Morgan fingerprint density at radius 1 is 1.04 bits per heavy atom. The van der Waals surface area contributed by atoms with Crippen molar-refractivity contribution < 1.29 is 20.1 Å². The predicted molar refractivity (Wildman–Crippen MR) is 109 cm³/mol. The van der Waals surface area contributed by atoms with E-state index in [0.29, 0.717) is 35.5 Å². The first-order valence-electron chi connectivity index (χ1n) is 11.8. The zero-order chi connectivity index (χ0) is 20.3. The molecule has 0 aromatic carbocycles. The number of hydrogen-bond donors (Lipinski definition) is 3. The fourth-order valence-electron chi connectivity index (χ4n) is 8.71. The van der Waals surface area contributed by atoms with Crippen LogP contribution in [-0.2, 0) is 4.79 Å². The summed E-state index contributed by atoms with van der Waals surface area (Å²) in [5.41, 5.74) is 0.216. The van der Waals surface area contributed by atoms with E-state index < -0.39 is 5.97 Å². The molecule has 0 aliphatic heterocycles. The van der Waals surface area contributed by atoms with E-state index in [1.54, 1.807) is 0 Å². The lowest BCUT2D eigenvalue weighted by molar-refractivity contribution is -0.175. The molecule has 4 nitrogen and oxygen atoms in total. The van der Waals surface area contributed by atoms with Gasteiger partial charge >= 0.3 is 5.97 Å². The van der Waals surface area contributed by atoms with Crippen molar-refractivity contribution in [2.45, 2.75) is 97.2 Å². The predicted octanol–water partition coefficient (Wildman–Crippen LogP) is 4.48. The summed E-state index contributed by atoms with van der Waals surface area (Å²) in [6, 6.07) is 0. The highest BCUT2D eigenvalue weighted by atomic mass is 16.4. The van der Waals surface area contributed by atoms with E-state index >= 15 is 0 Å². The van der Waals surface area contributed by atoms with E-state index in [0.717, 1.165) is 38.5 Å². The number of rotatable bonds is 4. The molecule has 0 aromatic rings. The van der Waals surface area contributed by atoms with Crippen LogP contribution in [0.1, 0.15) is 85.0 Å². The van der Waals surface area contributed by atoms with Crippen molar-refractivity contribution >= 4 is 5.97 Å². The summed E-state index contributed by atoms with van der Waals surface area (Å²) in [5.74, 6) is 2.55. The molecule has 0 saturated heterocycles. The van der Waals surface area contributed by atoms with E-state index in [1.165, 1.54) is 19.3 Å².